The SMILES string of the molecule is CCOC(=O)c1c(NC(=O)c2nn(C)cc2C(=O)O)sc(C(N)=O)c1C. The van der Waals surface area contributed by atoms with Crippen molar-refractivity contribution in [1.82, 2.24) is 9.78 Å². The summed E-state index contributed by atoms with van der Waals surface area (Å²) in [7, 11) is 1.47. The number of nitrogens with zero attached hydrogens (tertiary/aromatic N) is 2. The van der Waals surface area contributed by atoms with Crippen molar-refractivity contribution >= 4 is 40.1 Å². The maximum Gasteiger partial charge on any atom is 0.341 e. The van der Waals surface area contributed by atoms with Gasteiger partial charge >= 0.3 is 11.9 Å². The number of carboxylic acids is 1. The molecule has 0 aromatic carbocycles. The number of ether oxygens (including phenoxy) is 1. The molecule has 11 heteroatoms. The van der Waals surface area contributed by atoms with Gasteiger partial charge in [-0.3, -0.25) is 14.3 Å². The minimum atomic E-state index is -1.32. The Morgan fingerprint density at radius 1 is 1.38 bits per heavy atom. The van der Waals surface area contributed by atoms with E-state index in [-0.39, 0.29) is 38.9 Å². The van der Waals surface area contributed by atoms with Crippen LogP contribution in [0.4, 0.5) is 5.00 Å². The number of aromatic nitrogens is 2. The number of anilines is 1. The van der Waals surface area contributed by atoms with E-state index >= 15 is 0 Å². The van der Waals surface area contributed by atoms with Gasteiger partial charge in [-0.05, 0) is 19.4 Å². The zero-order valence-corrected chi connectivity index (χ0v) is 15.0. The molecule has 0 aliphatic heterocycles. The quantitative estimate of drug-likeness (QED) is 0.632. The zero-order chi connectivity index (χ0) is 19.6. The van der Waals surface area contributed by atoms with Crippen molar-refractivity contribution in [3.63, 3.8) is 0 Å². The van der Waals surface area contributed by atoms with Crippen LogP contribution in [0.5, 0.6) is 0 Å². The molecular weight excluding hydrogens is 364 g/mol. The molecule has 2 aromatic heterocycles. The first kappa shape index (κ1) is 19.1. The second-order valence-electron chi connectivity index (χ2n) is 5.17. The maximum atomic E-state index is 12.5. The summed E-state index contributed by atoms with van der Waals surface area (Å²) in [4.78, 5) is 47.5. The third kappa shape index (κ3) is 3.57. The van der Waals surface area contributed by atoms with Gasteiger partial charge in [-0.15, -0.1) is 11.3 Å². The Morgan fingerprint density at radius 2 is 2.04 bits per heavy atom. The lowest BCUT2D eigenvalue weighted by Crippen LogP contribution is -2.18. The maximum absolute atomic E-state index is 12.5. The van der Waals surface area contributed by atoms with Gasteiger partial charge in [0, 0.05) is 13.2 Å². The third-order valence-corrected chi connectivity index (χ3v) is 4.57. The molecule has 0 unspecified atom stereocenters. The van der Waals surface area contributed by atoms with Crippen molar-refractivity contribution in [2.24, 2.45) is 12.8 Å². The molecule has 0 radical (unpaired) electrons. The standard InChI is InChI=1S/C15H16N4O6S/c1-4-25-15(24)8-6(2)10(11(16)20)26-13(8)17-12(21)9-7(14(22)23)5-19(3)18-9/h5H,4H2,1-3H3,(H2,16,20)(H,17,21)(H,22,23). The highest BCUT2D eigenvalue weighted by molar-refractivity contribution is 7.18. The molecule has 10 nitrogen and oxygen atoms in total. The molecule has 0 saturated carbocycles. The summed E-state index contributed by atoms with van der Waals surface area (Å²) < 4.78 is 6.13. The summed E-state index contributed by atoms with van der Waals surface area (Å²) >= 11 is 0.803. The van der Waals surface area contributed by atoms with E-state index in [1.807, 2.05) is 0 Å². The van der Waals surface area contributed by atoms with Crippen LogP contribution in [0, 0.1) is 6.92 Å². The number of amides is 2. The lowest BCUT2D eigenvalue weighted by molar-refractivity contribution is 0.0526. The molecule has 0 aliphatic rings. The summed E-state index contributed by atoms with van der Waals surface area (Å²) in [5.74, 6) is -3.66. The van der Waals surface area contributed by atoms with Crippen molar-refractivity contribution in [3.05, 3.63) is 33.5 Å². The number of primary amides is 1. The number of carbonyl (C=O) groups excluding carboxylic acids is 3. The van der Waals surface area contributed by atoms with Crippen LogP contribution in [0.3, 0.4) is 0 Å². The van der Waals surface area contributed by atoms with Crippen LogP contribution < -0.4 is 11.1 Å². The molecule has 0 atom stereocenters. The molecule has 0 saturated heterocycles. The molecule has 26 heavy (non-hydrogen) atoms. The predicted octanol–water partition coefficient (Wildman–Crippen LogP) is 1.02. The van der Waals surface area contributed by atoms with Crippen LogP contribution >= 0.6 is 11.3 Å². The van der Waals surface area contributed by atoms with E-state index in [0.29, 0.717) is 0 Å². The summed E-state index contributed by atoms with van der Waals surface area (Å²) in [5.41, 5.74) is 4.93. The number of hydrogen-bond donors (Lipinski definition) is 3. The number of carboxylic acid groups (broad SMARTS) is 1. The Bertz CT molecular complexity index is 914. The largest absolute Gasteiger partial charge is 0.478 e. The summed E-state index contributed by atoms with van der Waals surface area (Å²) in [6, 6.07) is 0. The van der Waals surface area contributed by atoms with E-state index in [1.54, 1.807) is 6.92 Å². The van der Waals surface area contributed by atoms with Crippen LogP contribution in [-0.4, -0.2) is 45.2 Å². The average molecular weight is 380 g/mol. The number of aryl methyl sites for hydroxylation is 1. The molecule has 2 aromatic rings. The highest BCUT2D eigenvalue weighted by Crippen LogP contribution is 2.34. The molecule has 0 fully saturated rings. The van der Waals surface area contributed by atoms with Gasteiger partial charge in [0.15, 0.2) is 5.69 Å². The van der Waals surface area contributed by atoms with Crippen molar-refractivity contribution in [2.75, 3.05) is 11.9 Å². The average Bonchev–Trinajstić information content (AvgIpc) is 3.08. The smallest absolute Gasteiger partial charge is 0.341 e. The fraction of sp³-hybridized carbons (Fsp3) is 0.267. The first-order valence-electron chi connectivity index (χ1n) is 7.35. The van der Waals surface area contributed by atoms with Crippen molar-refractivity contribution < 1.29 is 29.0 Å². The predicted molar refractivity (Wildman–Crippen MR) is 91.7 cm³/mol. The fourth-order valence-corrected chi connectivity index (χ4v) is 3.30. The van der Waals surface area contributed by atoms with Crippen LogP contribution in [0.2, 0.25) is 0 Å². The van der Waals surface area contributed by atoms with E-state index < -0.39 is 23.8 Å². The number of nitrogens with two attached hydrogens (primary N) is 1. The highest BCUT2D eigenvalue weighted by Gasteiger charge is 2.28. The summed E-state index contributed by atoms with van der Waals surface area (Å²) in [6.45, 7) is 3.21. The second kappa shape index (κ2) is 7.35. The summed E-state index contributed by atoms with van der Waals surface area (Å²) in [5, 5.41) is 15.4. The fourth-order valence-electron chi connectivity index (χ4n) is 2.26. The van der Waals surface area contributed by atoms with Gasteiger partial charge < -0.3 is 20.9 Å². The Morgan fingerprint density at radius 3 is 2.58 bits per heavy atom. The van der Waals surface area contributed by atoms with Gasteiger partial charge in [0.2, 0.25) is 0 Å². The zero-order valence-electron chi connectivity index (χ0n) is 14.2. The molecule has 0 spiro atoms. The van der Waals surface area contributed by atoms with Crippen LogP contribution in [0.15, 0.2) is 6.20 Å². The summed E-state index contributed by atoms with van der Waals surface area (Å²) in [6.07, 6.45) is 1.18. The minimum Gasteiger partial charge on any atom is -0.478 e. The molecular formula is C15H16N4O6S. The van der Waals surface area contributed by atoms with Gasteiger partial charge in [0.25, 0.3) is 11.8 Å². The molecule has 4 N–H and O–H groups in total. The van der Waals surface area contributed by atoms with Crippen LogP contribution in [0.25, 0.3) is 0 Å². The van der Waals surface area contributed by atoms with Crippen molar-refractivity contribution in [1.29, 1.82) is 0 Å². The van der Waals surface area contributed by atoms with E-state index in [4.69, 9.17) is 15.6 Å². The number of aromatic carboxylic acids is 1. The van der Waals surface area contributed by atoms with E-state index in [1.165, 1.54) is 24.9 Å². The molecule has 0 aliphatic carbocycles. The van der Waals surface area contributed by atoms with Crippen molar-refractivity contribution in [3.8, 4) is 0 Å². The molecule has 2 heterocycles. The normalized spacial score (nSPS) is 10.4. The lowest BCUT2D eigenvalue weighted by Gasteiger charge is -2.06. The lowest BCUT2D eigenvalue weighted by atomic mass is 10.1. The van der Waals surface area contributed by atoms with Gasteiger partial charge in [-0.2, -0.15) is 5.10 Å². The number of carbonyl (C=O) groups is 4. The van der Waals surface area contributed by atoms with Crippen LogP contribution in [0.1, 0.15) is 53.4 Å². The van der Waals surface area contributed by atoms with E-state index in [9.17, 15) is 19.2 Å². The first-order chi connectivity index (χ1) is 12.2. The topological polar surface area (TPSA) is 154 Å². The van der Waals surface area contributed by atoms with Gasteiger partial charge in [0.05, 0.1) is 17.0 Å². The Labute approximate surface area is 151 Å². The van der Waals surface area contributed by atoms with E-state index in [2.05, 4.69) is 10.4 Å². The Kier molecular flexibility index (Phi) is 5.41. The van der Waals surface area contributed by atoms with Crippen LogP contribution in [-0.2, 0) is 11.8 Å². The Balaban J connectivity index is 2.47. The third-order valence-electron chi connectivity index (χ3n) is 3.35. The number of nitrogens with one attached hydrogen (secondary N) is 1. The van der Waals surface area contributed by atoms with Gasteiger partial charge in [-0.1, -0.05) is 0 Å². The molecule has 2 rings (SSSR count). The van der Waals surface area contributed by atoms with Gasteiger partial charge in [0.1, 0.15) is 10.6 Å². The molecule has 0 bridgehead atoms. The Hall–Kier alpha value is -3.21. The monoisotopic (exact) mass is 380 g/mol. The first-order valence-corrected chi connectivity index (χ1v) is 8.17. The number of thiophene rings is 1. The highest BCUT2D eigenvalue weighted by atomic mass is 32.1. The number of hydrogen-bond acceptors (Lipinski definition) is 7. The van der Waals surface area contributed by atoms with Gasteiger partial charge in [-0.25, -0.2) is 9.59 Å². The van der Waals surface area contributed by atoms with Crippen molar-refractivity contribution in [2.45, 2.75) is 13.8 Å². The molecule has 2 amide bonds. The molecule has 138 valence electrons. The second-order valence-corrected chi connectivity index (χ2v) is 6.19. The minimum absolute atomic E-state index is 0.00759. The van der Waals surface area contributed by atoms with E-state index in [0.717, 1.165) is 11.3 Å². The number of esters is 1. The number of rotatable bonds is 6.